The molecule has 7 amide bonds. The summed E-state index contributed by atoms with van der Waals surface area (Å²) in [5.74, 6) is -0.508. The standard InChI is InChI=1S/C77H149N7O20/c1-6-8-10-12-14-16-18-20-22-24-26-28-30-32-70(85)78-40-52-96-54-42-82-72(87)34-46-92-50-38-80-74(89)36-48-94-58-62-100-66-68-102-64-60-98-56-44-84(76(91)104-77(3,4)5)45-57-99-61-65-103-69-67-101-63-59-95-49-37-75(90)81-39-51-93-47-35-73(88)83-43-55-97-53-41-79-71(86)33-31-29-27-25-23-21-19-17-15-13-11-9-7-2/h6-69H2,1-5H3,(H,78,85)(H,79,86)(H,80,89)(H,81,90)(H,82,87)(H,83,88). The Morgan fingerprint density at radius 1 is 0.231 bits per heavy atom. The predicted molar refractivity (Wildman–Crippen MR) is 405 cm³/mol. The number of rotatable bonds is 82. The number of nitrogens with zero attached hydrogens (tertiary/aromatic N) is 1. The van der Waals surface area contributed by atoms with Crippen LogP contribution in [0.4, 0.5) is 4.79 Å². The first-order chi connectivity index (χ1) is 50.8. The maximum atomic E-state index is 12.9. The molecule has 0 spiro atoms. The van der Waals surface area contributed by atoms with Crippen molar-refractivity contribution in [2.45, 2.75) is 246 Å². The van der Waals surface area contributed by atoms with E-state index in [2.05, 4.69) is 45.7 Å². The number of carbonyl (C=O) groups is 7. The van der Waals surface area contributed by atoms with Gasteiger partial charge in [-0.25, -0.2) is 4.79 Å². The zero-order valence-corrected chi connectivity index (χ0v) is 65.9. The quantitative estimate of drug-likeness (QED) is 0.0309. The molecule has 0 aromatic carbocycles. The summed E-state index contributed by atoms with van der Waals surface area (Å²) in [6.45, 7) is 20.6. The van der Waals surface area contributed by atoms with E-state index in [0.717, 1.165) is 25.7 Å². The van der Waals surface area contributed by atoms with Crippen molar-refractivity contribution >= 4 is 41.5 Å². The van der Waals surface area contributed by atoms with Crippen molar-refractivity contribution in [1.29, 1.82) is 0 Å². The van der Waals surface area contributed by atoms with Crippen LogP contribution < -0.4 is 31.9 Å². The maximum Gasteiger partial charge on any atom is 0.410 e. The lowest BCUT2D eigenvalue weighted by Gasteiger charge is -2.27. The van der Waals surface area contributed by atoms with E-state index < -0.39 is 11.7 Å². The molecule has 27 heteroatoms. The smallest absolute Gasteiger partial charge is 0.410 e. The molecule has 0 aromatic rings. The van der Waals surface area contributed by atoms with Crippen LogP contribution in [-0.4, -0.2) is 263 Å². The molecule has 0 rings (SSSR count). The van der Waals surface area contributed by atoms with Crippen LogP contribution >= 0.6 is 0 Å². The summed E-state index contributed by atoms with van der Waals surface area (Å²) < 4.78 is 72.3. The van der Waals surface area contributed by atoms with Crippen molar-refractivity contribution in [3.05, 3.63) is 0 Å². The van der Waals surface area contributed by atoms with Gasteiger partial charge in [0.1, 0.15) is 5.60 Å². The van der Waals surface area contributed by atoms with Crippen LogP contribution in [0.5, 0.6) is 0 Å². The predicted octanol–water partition coefficient (Wildman–Crippen LogP) is 9.64. The van der Waals surface area contributed by atoms with Crippen LogP contribution in [-0.2, 0) is 90.3 Å². The number of hydrogen-bond acceptors (Lipinski definition) is 20. The molecule has 0 unspecified atom stereocenters. The minimum Gasteiger partial charge on any atom is -0.444 e. The van der Waals surface area contributed by atoms with E-state index in [1.807, 2.05) is 20.8 Å². The van der Waals surface area contributed by atoms with Crippen molar-refractivity contribution in [2.24, 2.45) is 0 Å². The molecule has 6 N–H and O–H groups in total. The highest BCUT2D eigenvalue weighted by Gasteiger charge is 2.22. The van der Waals surface area contributed by atoms with Gasteiger partial charge in [-0.05, 0) is 33.6 Å². The molecule has 0 bridgehead atoms. The zero-order valence-electron chi connectivity index (χ0n) is 65.9. The van der Waals surface area contributed by atoms with Crippen molar-refractivity contribution < 1.29 is 95.1 Å². The van der Waals surface area contributed by atoms with Crippen LogP contribution in [0.1, 0.15) is 240 Å². The molecule has 27 nitrogen and oxygen atoms in total. The Bertz CT molecular complexity index is 1840. The fourth-order valence-corrected chi connectivity index (χ4v) is 10.3. The topological polar surface area (TPSA) is 315 Å². The Kier molecular flexibility index (Phi) is 76.3. The van der Waals surface area contributed by atoms with Crippen molar-refractivity contribution in [3.8, 4) is 0 Å². The minimum atomic E-state index is -0.667. The van der Waals surface area contributed by atoms with Gasteiger partial charge in [-0.1, -0.05) is 168 Å². The molecule has 0 atom stereocenters. The number of hydrogen-bond donors (Lipinski definition) is 6. The lowest BCUT2D eigenvalue weighted by Crippen LogP contribution is -2.40. The van der Waals surface area contributed by atoms with Gasteiger partial charge in [0, 0.05) is 90.9 Å². The molecule has 0 aliphatic carbocycles. The van der Waals surface area contributed by atoms with Crippen molar-refractivity contribution in [3.63, 3.8) is 0 Å². The lowest BCUT2D eigenvalue weighted by molar-refractivity contribution is -0.124. The van der Waals surface area contributed by atoms with Gasteiger partial charge < -0.3 is 98.4 Å². The van der Waals surface area contributed by atoms with Gasteiger partial charge in [-0.2, -0.15) is 0 Å². The first kappa shape index (κ1) is 99.6. The Labute approximate surface area is 627 Å². The largest absolute Gasteiger partial charge is 0.444 e. The SMILES string of the molecule is CCCCCCCCCCCCCCCC(=O)NCCOCCNC(=O)CCOCCNC(=O)CCOCCOCCOCCOCCN(CCOCCOCCOCCOCCC(=O)NCCOCCC(=O)NCCOCCNC(=O)CCCCCCCCCCCCCCC)C(=O)OC(C)(C)C. The highest BCUT2D eigenvalue weighted by molar-refractivity contribution is 5.77. The zero-order chi connectivity index (χ0) is 75.8. The van der Waals surface area contributed by atoms with Crippen LogP contribution in [0.3, 0.4) is 0 Å². The minimum absolute atomic E-state index is 0.0587. The third-order valence-corrected chi connectivity index (χ3v) is 16.2. The maximum absolute atomic E-state index is 12.9. The average molecular weight is 1490 g/mol. The van der Waals surface area contributed by atoms with Gasteiger partial charge in [0.05, 0.1) is 159 Å². The van der Waals surface area contributed by atoms with E-state index in [0.29, 0.717) is 171 Å². The van der Waals surface area contributed by atoms with E-state index in [1.165, 1.54) is 141 Å². The Morgan fingerprint density at radius 2 is 0.413 bits per heavy atom. The van der Waals surface area contributed by atoms with Crippen LogP contribution in [0.25, 0.3) is 0 Å². The number of carbonyl (C=O) groups excluding carboxylic acids is 7. The number of amides is 7. The number of unbranched alkanes of at least 4 members (excludes halogenated alkanes) is 24. The third-order valence-electron chi connectivity index (χ3n) is 16.2. The Hall–Kier alpha value is -4.39. The lowest BCUT2D eigenvalue weighted by atomic mass is 10.0. The van der Waals surface area contributed by atoms with Gasteiger partial charge in [0.25, 0.3) is 0 Å². The van der Waals surface area contributed by atoms with Crippen LogP contribution in [0.2, 0.25) is 0 Å². The molecule has 104 heavy (non-hydrogen) atoms. The second kappa shape index (κ2) is 79.6. The Morgan fingerprint density at radius 3 is 0.644 bits per heavy atom. The number of nitrogens with one attached hydrogen (secondary N) is 6. The van der Waals surface area contributed by atoms with Gasteiger partial charge in [-0.15, -0.1) is 0 Å². The highest BCUT2D eigenvalue weighted by Crippen LogP contribution is 2.15. The summed E-state index contributed by atoms with van der Waals surface area (Å²) in [5.41, 5.74) is -0.667. The molecule has 0 fully saturated rings. The van der Waals surface area contributed by atoms with Gasteiger partial charge in [0.2, 0.25) is 35.4 Å². The fourth-order valence-electron chi connectivity index (χ4n) is 10.3. The molecule has 612 valence electrons. The highest BCUT2D eigenvalue weighted by atomic mass is 16.6. The number of ether oxygens (including phenoxy) is 13. The summed E-state index contributed by atoms with van der Waals surface area (Å²) in [4.78, 5) is 87.1. The molecular weight excluding hydrogens is 1340 g/mol. The normalized spacial score (nSPS) is 11.4. The summed E-state index contributed by atoms with van der Waals surface area (Å²) in [5, 5.41) is 16.9. The monoisotopic (exact) mass is 1490 g/mol. The molecule has 0 heterocycles. The van der Waals surface area contributed by atoms with E-state index in [-0.39, 0.29) is 114 Å². The first-order valence-electron chi connectivity index (χ1n) is 40.3. The first-order valence-corrected chi connectivity index (χ1v) is 40.3. The molecule has 0 aromatic heterocycles. The van der Waals surface area contributed by atoms with Crippen molar-refractivity contribution in [2.75, 3.05) is 211 Å². The second-order valence-electron chi connectivity index (χ2n) is 26.9. The summed E-state index contributed by atoms with van der Waals surface area (Å²) >= 11 is 0. The van der Waals surface area contributed by atoms with Crippen LogP contribution in [0, 0.1) is 0 Å². The average Bonchev–Trinajstić information content (AvgIpc) is 0.911. The molecule has 0 saturated carbocycles. The van der Waals surface area contributed by atoms with Gasteiger partial charge in [0.15, 0.2) is 0 Å². The molecule has 0 aliphatic rings. The van der Waals surface area contributed by atoms with E-state index in [1.54, 1.807) is 4.90 Å². The summed E-state index contributed by atoms with van der Waals surface area (Å²) in [7, 11) is 0. The van der Waals surface area contributed by atoms with Gasteiger partial charge >= 0.3 is 6.09 Å². The fraction of sp³-hybridized carbons (Fsp3) is 0.909. The van der Waals surface area contributed by atoms with E-state index in [4.69, 9.17) is 61.6 Å². The third kappa shape index (κ3) is 80.2. The van der Waals surface area contributed by atoms with Crippen molar-refractivity contribution in [1.82, 2.24) is 36.8 Å². The van der Waals surface area contributed by atoms with Gasteiger partial charge in [-0.3, -0.25) is 28.8 Å². The molecular formula is C77H149N7O20. The van der Waals surface area contributed by atoms with Crippen LogP contribution in [0.15, 0.2) is 0 Å². The van der Waals surface area contributed by atoms with E-state index in [9.17, 15) is 33.6 Å². The second-order valence-corrected chi connectivity index (χ2v) is 26.9. The summed E-state index contributed by atoms with van der Waals surface area (Å²) in [6.07, 6.45) is 34.7. The Balaban J connectivity index is 3.66. The van der Waals surface area contributed by atoms with E-state index >= 15 is 0 Å². The molecule has 0 radical (unpaired) electrons. The summed E-state index contributed by atoms with van der Waals surface area (Å²) in [6, 6.07) is 0. The molecule has 0 saturated heterocycles. The molecule has 0 aliphatic heterocycles.